The molecule has 2 aliphatic rings. The largest absolute Gasteiger partial charge is 0.341 e. The van der Waals surface area contributed by atoms with Gasteiger partial charge in [0.1, 0.15) is 0 Å². The number of rotatable bonds is 5. The summed E-state index contributed by atoms with van der Waals surface area (Å²) in [6, 6.07) is 5.36. The Hall–Kier alpha value is -2.12. The van der Waals surface area contributed by atoms with E-state index in [1.807, 2.05) is 6.07 Å². The number of nitrogens with zero attached hydrogens (tertiary/aromatic N) is 6. The number of benzene rings is 1. The van der Waals surface area contributed by atoms with Crippen molar-refractivity contribution < 1.29 is 0 Å². The highest BCUT2D eigenvalue weighted by Gasteiger charge is 2.20. The minimum absolute atomic E-state index is 0.456. The van der Waals surface area contributed by atoms with Gasteiger partial charge < -0.3 is 9.80 Å². The lowest BCUT2D eigenvalue weighted by atomic mass is 10.1. The number of nitrogens with one attached hydrogen (secondary N) is 1. The molecule has 2 fully saturated rings. The first-order valence-corrected chi connectivity index (χ1v) is 10.9. The number of hydrogen-bond acceptors (Lipinski definition) is 7. The van der Waals surface area contributed by atoms with E-state index in [0.717, 1.165) is 43.6 Å². The lowest BCUT2D eigenvalue weighted by molar-refractivity contribution is 0.556. The molecule has 0 saturated carbocycles. The Kier molecular flexibility index (Phi) is 6.67. The van der Waals surface area contributed by atoms with E-state index in [1.165, 1.54) is 38.5 Å². The van der Waals surface area contributed by atoms with E-state index >= 15 is 0 Å². The van der Waals surface area contributed by atoms with Crippen molar-refractivity contribution >= 4 is 47.3 Å². The highest BCUT2D eigenvalue weighted by Crippen LogP contribution is 2.23. The Morgan fingerprint density at radius 1 is 0.793 bits per heavy atom. The van der Waals surface area contributed by atoms with Crippen LogP contribution in [0.15, 0.2) is 23.3 Å². The standard InChI is InChI=1S/C20H25Cl2N7/c21-16-8-7-15(13-17(16)22)14-23-27-18-24-19(28-9-3-1-4-10-28)26-20(25-18)29-11-5-2-6-12-29/h7-8,13-14H,1-6,9-12H2,(H,24,25,26,27)/b23-14-. The predicted molar refractivity (Wildman–Crippen MR) is 120 cm³/mol. The van der Waals surface area contributed by atoms with Crippen LogP contribution in [-0.4, -0.2) is 47.3 Å². The molecule has 0 unspecified atom stereocenters. The van der Waals surface area contributed by atoms with Gasteiger partial charge in [0.05, 0.1) is 16.3 Å². The molecule has 1 N–H and O–H groups in total. The Labute approximate surface area is 181 Å². The van der Waals surface area contributed by atoms with E-state index in [0.29, 0.717) is 16.0 Å². The van der Waals surface area contributed by atoms with Crippen molar-refractivity contribution in [1.29, 1.82) is 0 Å². The van der Waals surface area contributed by atoms with Crippen molar-refractivity contribution in [3.05, 3.63) is 33.8 Å². The summed E-state index contributed by atoms with van der Waals surface area (Å²) >= 11 is 12.0. The fourth-order valence-corrected chi connectivity index (χ4v) is 3.94. The fraction of sp³-hybridized carbons (Fsp3) is 0.500. The molecule has 9 heteroatoms. The maximum Gasteiger partial charge on any atom is 0.250 e. The average molecular weight is 434 g/mol. The molecule has 1 aromatic heterocycles. The van der Waals surface area contributed by atoms with Crippen LogP contribution in [-0.2, 0) is 0 Å². The van der Waals surface area contributed by atoms with Crippen LogP contribution in [0.25, 0.3) is 0 Å². The number of piperidine rings is 2. The molecule has 3 heterocycles. The molecule has 0 bridgehead atoms. The topological polar surface area (TPSA) is 69.5 Å². The molecule has 0 atom stereocenters. The van der Waals surface area contributed by atoms with Crippen LogP contribution in [0, 0.1) is 0 Å². The first-order valence-electron chi connectivity index (χ1n) is 10.2. The van der Waals surface area contributed by atoms with Gasteiger partial charge in [-0.15, -0.1) is 0 Å². The Morgan fingerprint density at radius 3 is 1.93 bits per heavy atom. The molecule has 0 aliphatic carbocycles. The second-order valence-corrected chi connectivity index (χ2v) is 8.21. The number of halogens is 2. The molecule has 154 valence electrons. The van der Waals surface area contributed by atoms with E-state index in [4.69, 9.17) is 28.2 Å². The zero-order valence-electron chi connectivity index (χ0n) is 16.3. The van der Waals surface area contributed by atoms with E-state index in [-0.39, 0.29) is 0 Å². The molecular formula is C20H25Cl2N7. The lowest BCUT2D eigenvalue weighted by Crippen LogP contribution is -2.34. The number of hydrogen-bond donors (Lipinski definition) is 1. The van der Waals surface area contributed by atoms with Gasteiger partial charge in [-0.05, 0) is 56.2 Å². The van der Waals surface area contributed by atoms with Gasteiger partial charge in [-0.25, -0.2) is 5.43 Å². The summed E-state index contributed by atoms with van der Waals surface area (Å²) in [5, 5.41) is 5.30. The third-order valence-corrected chi connectivity index (χ3v) is 5.95. The van der Waals surface area contributed by atoms with Crippen LogP contribution in [0.2, 0.25) is 10.0 Å². The Bertz CT molecular complexity index is 826. The molecule has 1 aromatic carbocycles. The molecular weight excluding hydrogens is 409 g/mol. The Morgan fingerprint density at radius 2 is 1.38 bits per heavy atom. The zero-order chi connectivity index (χ0) is 20.1. The summed E-state index contributed by atoms with van der Waals surface area (Å²) < 4.78 is 0. The zero-order valence-corrected chi connectivity index (χ0v) is 17.8. The van der Waals surface area contributed by atoms with Gasteiger partial charge in [-0.1, -0.05) is 29.3 Å². The minimum atomic E-state index is 0.456. The number of anilines is 3. The van der Waals surface area contributed by atoms with E-state index < -0.39 is 0 Å². The summed E-state index contributed by atoms with van der Waals surface area (Å²) in [6.07, 6.45) is 8.88. The SMILES string of the molecule is Clc1ccc(/C=N\Nc2nc(N3CCCCC3)nc(N3CCCCC3)n2)cc1Cl. The molecule has 0 spiro atoms. The molecule has 2 saturated heterocycles. The fourth-order valence-electron chi connectivity index (χ4n) is 3.63. The smallest absolute Gasteiger partial charge is 0.250 e. The molecule has 4 rings (SSSR count). The molecule has 7 nitrogen and oxygen atoms in total. The minimum Gasteiger partial charge on any atom is -0.341 e. The Balaban J connectivity index is 1.55. The van der Waals surface area contributed by atoms with E-state index in [9.17, 15) is 0 Å². The summed E-state index contributed by atoms with van der Waals surface area (Å²) in [5.41, 5.74) is 3.81. The quantitative estimate of drug-likeness (QED) is 0.548. The normalized spacial score (nSPS) is 17.7. The average Bonchev–Trinajstić information content (AvgIpc) is 2.77. The molecule has 29 heavy (non-hydrogen) atoms. The first kappa shape index (κ1) is 20.2. The molecule has 2 aromatic rings. The summed E-state index contributed by atoms with van der Waals surface area (Å²) in [7, 11) is 0. The van der Waals surface area contributed by atoms with Crippen LogP contribution in [0.4, 0.5) is 17.8 Å². The van der Waals surface area contributed by atoms with Crippen molar-refractivity contribution in [2.75, 3.05) is 41.4 Å². The molecule has 0 radical (unpaired) electrons. The second kappa shape index (κ2) is 9.59. The van der Waals surface area contributed by atoms with Gasteiger partial charge in [0, 0.05) is 26.2 Å². The maximum absolute atomic E-state index is 6.07. The molecule has 0 amide bonds. The van der Waals surface area contributed by atoms with Crippen molar-refractivity contribution in [3.8, 4) is 0 Å². The van der Waals surface area contributed by atoms with E-state index in [2.05, 4.69) is 30.3 Å². The van der Waals surface area contributed by atoms with Gasteiger partial charge >= 0.3 is 0 Å². The van der Waals surface area contributed by atoms with Gasteiger partial charge in [0.25, 0.3) is 0 Å². The van der Waals surface area contributed by atoms with Crippen LogP contribution < -0.4 is 15.2 Å². The number of hydrazone groups is 1. The van der Waals surface area contributed by atoms with Crippen LogP contribution in [0.5, 0.6) is 0 Å². The van der Waals surface area contributed by atoms with Crippen LogP contribution in [0.3, 0.4) is 0 Å². The van der Waals surface area contributed by atoms with Crippen molar-refractivity contribution in [1.82, 2.24) is 15.0 Å². The lowest BCUT2D eigenvalue weighted by Gasteiger charge is -2.30. The maximum atomic E-state index is 6.07. The van der Waals surface area contributed by atoms with Crippen molar-refractivity contribution in [2.45, 2.75) is 38.5 Å². The third kappa shape index (κ3) is 5.28. The van der Waals surface area contributed by atoms with Crippen molar-refractivity contribution in [3.63, 3.8) is 0 Å². The highest BCUT2D eigenvalue weighted by molar-refractivity contribution is 6.42. The first-order chi connectivity index (χ1) is 14.2. The third-order valence-electron chi connectivity index (χ3n) is 5.21. The summed E-state index contributed by atoms with van der Waals surface area (Å²) in [5.74, 6) is 1.91. The number of aromatic nitrogens is 3. The summed E-state index contributed by atoms with van der Waals surface area (Å²) in [6.45, 7) is 3.93. The van der Waals surface area contributed by atoms with E-state index in [1.54, 1.807) is 18.3 Å². The predicted octanol–water partition coefficient (Wildman–Crippen LogP) is 4.61. The summed E-state index contributed by atoms with van der Waals surface area (Å²) in [4.78, 5) is 18.5. The monoisotopic (exact) mass is 433 g/mol. The van der Waals surface area contributed by atoms with Gasteiger partial charge in [-0.3, -0.25) is 0 Å². The second-order valence-electron chi connectivity index (χ2n) is 7.40. The van der Waals surface area contributed by atoms with Gasteiger partial charge in [-0.2, -0.15) is 20.1 Å². The van der Waals surface area contributed by atoms with Crippen LogP contribution >= 0.6 is 23.2 Å². The van der Waals surface area contributed by atoms with Crippen molar-refractivity contribution in [2.24, 2.45) is 5.10 Å². The van der Waals surface area contributed by atoms with Gasteiger partial charge in [0.15, 0.2) is 0 Å². The molecule has 2 aliphatic heterocycles. The highest BCUT2D eigenvalue weighted by atomic mass is 35.5. The van der Waals surface area contributed by atoms with Gasteiger partial charge in [0.2, 0.25) is 17.8 Å². The van der Waals surface area contributed by atoms with Crippen LogP contribution in [0.1, 0.15) is 44.1 Å².